The number of para-hydroxylation sites is 2. The molecule has 0 aliphatic heterocycles. The van der Waals surface area contributed by atoms with Crippen LogP contribution in [0, 0.1) is 0 Å². The Morgan fingerprint density at radius 2 is 2.12 bits per heavy atom. The van der Waals surface area contributed by atoms with E-state index in [0.29, 0.717) is 12.6 Å². The van der Waals surface area contributed by atoms with Crippen LogP contribution in [0.2, 0.25) is 0 Å². The Balaban J connectivity index is 2.85. The molecule has 0 aromatic heterocycles. The SMILES string of the molecule is CCOc1ccccc1NC(=NC(C)C)NN. The van der Waals surface area contributed by atoms with Crippen molar-refractivity contribution in [2.24, 2.45) is 10.8 Å². The van der Waals surface area contributed by atoms with Gasteiger partial charge in [-0.1, -0.05) is 12.1 Å². The first-order valence-corrected chi connectivity index (χ1v) is 5.70. The quantitative estimate of drug-likeness (QED) is 0.322. The summed E-state index contributed by atoms with van der Waals surface area (Å²) >= 11 is 0. The Kier molecular flexibility index (Phi) is 5.29. The number of hydrogen-bond donors (Lipinski definition) is 3. The average Bonchev–Trinajstić information content (AvgIpc) is 2.30. The molecule has 5 heteroatoms. The number of guanidine groups is 1. The van der Waals surface area contributed by atoms with Gasteiger partial charge >= 0.3 is 0 Å². The van der Waals surface area contributed by atoms with E-state index in [1.54, 1.807) is 0 Å². The van der Waals surface area contributed by atoms with Crippen LogP contribution >= 0.6 is 0 Å². The van der Waals surface area contributed by atoms with E-state index in [2.05, 4.69) is 15.7 Å². The minimum absolute atomic E-state index is 0.160. The van der Waals surface area contributed by atoms with Crippen molar-refractivity contribution < 1.29 is 4.74 Å². The normalized spacial score (nSPS) is 11.5. The highest BCUT2D eigenvalue weighted by Gasteiger charge is 2.05. The Hall–Kier alpha value is -1.75. The minimum Gasteiger partial charge on any atom is -0.492 e. The molecule has 0 heterocycles. The van der Waals surface area contributed by atoms with Crippen molar-refractivity contribution in [3.05, 3.63) is 24.3 Å². The first-order valence-electron chi connectivity index (χ1n) is 5.70. The van der Waals surface area contributed by atoms with Gasteiger partial charge in [0.15, 0.2) is 0 Å². The number of anilines is 1. The molecular weight excluding hydrogens is 216 g/mol. The predicted octanol–water partition coefficient (Wildman–Crippen LogP) is 1.72. The number of nitrogens with two attached hydrogens (primary N) is 1. The van der Waals surface area contributed by atoms with Gasteiger partial charge in [-0.3, -0.25) is 5.43 Å². The Morgan fingerprint density at radius 1 is 1.41 bits per heavy atom. The summed E-state index contributed by atoms with van der Waals surface area (Å²) in [5.74, 6) is 6.71. The number of ether oxygens (including phenoxy) is 1. The van der Waals surface area contributed by atoms with Crippen molar-refractivity contribution in [2.45, 2.75) is 26.8 Å². The molecule has 1 aromatic rings. The lowest BCUT2D eigenvalue weighted by Gasteiger charge is -2.14. The van der Waals surface area contributed by atoms with Crippen LogP contribution < -0.4 is 21.3 Å². The van der Waals surface area contributed by atoms with E-state index < -0.39 is 0 Å². The van der Waals surface area contributed by atoms with Crippen molar-refractivity contribution in [1.29, 1.82) is 0 Å². The maximum atomic E-state index is 5.50. The van der Waals surface area contributed by atoms with E-state index >= 15 is 0 Å². The summed E-state index contributed by atoms with van der Waals surface area (Å²) in [6, 6.07) is 7.82. The van der Waals surface area contributed by atoms with Crippen LogP contribution in [0.15, 0.2) is 29.3 Å². The summed E-state index contributed by atoms with van der Waals surface area (Å²) in [6.45, 7) is 6.52. The van der Waals surface area contributed by atoms with Gasteiger partial charge in [0.05, 0.1) is 12.3 Å². The van der Waals surface area contributed by atoms with Crippen LogP contribution in [0.25, 0.3) is 0 Å². The molecular formula is C12H20N4O. The highest BCUT2D eigenvalue weighted by molar-refractivity contribution is 5.94. The predicted molar refractivity (Wildman–Crippen MR) is 71.1 cm³/mol. The summed E-state index contributed by atoms with van der Waals surface area (Å²) in [6.07, 6.45) is 0. The highest BCUT2D eigenvalue weighted by atomic mass is 16.5. The van der Waals surface area contributed by atoms with Crippen molar-refractivity contribution in [3.8, 4) is 5.75 Å². The molecule has 5 nitrogen and oxygen atoms in total. The maximum Gasteiger partial charge on any atom is 0.210 e. The van der Waals surface area contributed by atoms with E-state index in [1.165, 1.54) is 0 Å². The van der Waals surface area contributed by atoms with Crippen molar-refractivity contribution in [3.63, 3.8) is 0 Å². The largest absolute Gasteiger partial charge is 0.492 e. The van der Waals surface area contributed by atoms with E-state index in [9.17, 15) is 0 Å². The summed E-state index contributed by atoms with van der Waals surface area (Å²) in [4.78, 5) is 4.31. The van der Waals surface area contributed by atoms with E-state index in [4.69, 9.17) is 10.6 Å². The summed E-state index contributed by atoms with van der Waals surface area (Å²) < 4.78 is 5.50. The number of hydrogen-bond acceptors (Lipinski definition) is 3. The third-order valence-corrected chi connectivity index (χ3v) is 1.96. The minimum atomic E-state index is 0.160. The molecule has 0 bridgehead atoms. The topological polar surface area (TPSA) is 71.7 Å². The number of rotatable bonds is 4. The third-order valence-electron chi connectivity index (χ3n) is 1.96. The van der Waals surface area contributed by atoms with Gasteiger partial charge in [-0.25, -0.2) is 10.8 Å². The van der Waals surface area contributed by atoms with Crippen LogP contribution in [-0.2, 0) is 0 Å². The van der Waals surface area contributed by atoms with Gasteiger partial charge in [-0.2, -0.15) is 0 Å². The fraction of sp³-hybridized carbons (Fsp3) is 0.417. The third kappa shape index (κ3) is 4.32. The molecule has 0 aliphatic rings. The second kappa shape index (κ2) is 6.75. The van der Waals surface area contributed by atoms with Crippen molar-refractivity contribution >= 4 is 11.6 Å². The van der Waals surface area contributed by atoms with Crippen LogP contribution in [-0.4, -0.2) is 18.6 Å². The van der Waals surface area contributed by atoms with Gasteiger partial charge in [0.1, 0.15) is 5.75 Å². The molecule has 94 valence electrons. The number of benzene rings is 1. The Morgan fingerprint density at radius 3 is 2.71 bits per heavy atom. The zero-order chi connectivity index (χ0) is 12.7. The van der Waals surface area contributed by atoms with E-state index in [0.717, 1.165) is 11.4 Å². The molecule has 0 atom stereocenters. The van der Waals surface area contributed by atoms with Crippen LogP contribution in [0.5, 0.6) is 5.75 Å². The lowest BCUT2D eigenvalue weighted by molar-refractivity contribution is 0.342. The second-order valence-electron chi connectivity index (χ2n) is 3.77. The highest BCUT2D eigenvalue weighted by Crippen LogP contribution is 2.23. The zero-order valence-corrected chi connectivity index (χ0v) is 10.5. The average molecular weight is 236 g/mol. The maximum absolute atomic E-state index is 5.50. The summed E-state index contributed by atoms with van der Waals surface area (Å²) in [5.41, 5.74) is 3.37. The van der Waals surface area contributed by atoms with Gasteiger partial charge in [-0.15, -0.1) is 0 Å². The molecule has 0 saturated carbocycles. The molecule has 0 aliphatic carbocycles. The summed E-state index contributed by atoms with van der Waals surface area (Å²) in [5, 5.41) is 3.10. The number of hydrazine groups is 1. The summed E-state index contributed by atoms with van der Waals surface area (Å²) in [7, 11) is 0. The van der Waals surface area contributed by atoms with Gasteiger partial charge in [0, 0.05) is 6.04 Å². The van der Waals surface area contributed by atoms with Crippen LogP contribution in [0.1, 0.15) is 20.8 Å². The smallest absolute Gasteiger partial charge is 0.210 e. The lowest BCUT2D eigenvalue weighted by atomic mass is 10.3. The van der Waals surface area contributed by atoms with Crippen LogP contribution in [0.3, 0.4) is 0 Å². The molecule has 0 unspecified atom stereocenters. The molecule has 4 N–H and O–H groups in total. The standard InChI is InChI=1S/C12H20N4O/c1-4-17-11-8-6-5-7-10(11)15-12(16-13)14-9(2)3/h5-9H,4,13H2,1-3H3,(H2,14,15,16). The van der Waals surface area contributed by atoms with Gasteiger partial charge in [0.2, 0.25) is 5.96 Å². The monoisotopic (exact) mass is 236 g/mol. The molecule has 0 radical (unpaired) electrons. The molecule has 0 amide bonds. The molecule has 1 rings (SSSR count). The van der Waals surface area contributed by atoms with Gasteiger partial charge < -0.3 is 10.1 Å². The fourth-order valence-corrected chi connectivity index (χ4v) is 1.34. The number of nitrogens with one attached hydrogen (secondary N) is 2. The Bertz CT molecular complexity index is 377. The number of nitrogens with zero attached hydrogens (tertiary/aromatic N) is 1. The number of aliphatic imine (C=N–C) groups is 1. The molecule has 0 spiro atoms. The van der Waals surface area contributed by atoms with Gasteiger partial charge in [0.25, 0.3) is 0 Å². The molecule has 0 fully saturated rings. The first kappa shape index (κ1) is 13.3. The fourth-order valence-electron chi connectivity index (χ4n) is 1.34. The second-order valence-corrected chi connectivity index (χ2v) is 3.77. The lowest BCUT2D eigenvalue weighted by Crippen LogP contribution is -2.37. The first-order chi connectivity index (χ1) is 8.17. The van der Waals surface area contributed by atoms with Crippen molar-refractivity contribution in [1.82, 2.24) is 5.43 Å². The molecule has 1 aromatic carbocycles. The van der Waals surface area contributed by atoms with E-state index in [1.807, 2.05) is 45.0 Å². The zero-order valence-electron chi connectivity index (χ0n) is 10.5. The van der Waals surface area contributed by atoms with E-state index in [-0.39, 0.29) is 6.04 Å². The Labute approximate surface area is 102 Å². The van der Waals surface area contributed by atoms with Crippen LogP contribution in [0.4, 0.5) is 5.69 Å². The van der Waals surface area contributed by atoms with Gasteiger partial charge in [-0.05, 0) is 32.9 Å². The molecule has 17 heavy (non-hydrogen) atoms. The molecule has 0 saturated heterocycles. The van der Waals surface area contributed by atoms with Crippen molar-refractivity contribution in [2.75, 3.05) is 11.9 Å².